The van der Waals surface area contributed by atoms with Gasteiger partial charge in [-0.15, -0.1) is 10.2 Å². The van der Waals surface area contributed by atoms with E-state index in [4.69, 9.17) is 0 Å². The lowest BCUT2D eigenvalue weighted by atomic mass is 10.1. The Balaban J connectivity index is 1.29. The van der Waals surface area contributed by atoms with Crippen molar-refractivity contribution in [1.82, 2.24) is 40.4 Å². The average molecular weight is 459 g/mol. The second kappa shape index (κ2) is 9.75. The zero-order chi connectivity index (χ0) is 21.6. The molecule has 5 rings (SSSR count). The number of nitrogens with zero attached hydrogens (tertiary/aromatic N) is 8. The van der Waals surface area contributed by atoms with Crippen LogP contribution < -0.4 is 0 Å². The van der Waals surface area contributed by atoms with Crippen LogP contribution in [0.4, 0.5) is 0 Å². The summed E-state index contributed by atoms with van der Waals surface area (Å²) >= 11 is 3.22. The van der Waals surface area contributed by atoms with Gasteiger partial charge in [-0.25, -0.2) is 0 Å². The largest absolute Gasteiger partial charge is 0.214 e. The molecule has 5 aromatic rings. The molecule has 32 heavy (non-hydrogen) atoms. The third-order valence-electron chi connectivity index (χ3n) is 4.72. The number of benzene rings is 3. The number of para-hydroxylation sites is 2. The van der Waals surface area contributed by atoms with E-state index in [1.165, 1.54) is 11.1 Å². The quantitative estimate of drug-likeness (QED) is 0.319. The van der Waals surface area contributed by atoms with Gasteiger partial charge in [-0.1, -0.05) is 84.2 Å². The van der Waals surface area contributed by atoms with Gasteiger partial charge in [0.05, 0.1) is 11.4 Å². The lowest BCUT2D eigenvalue weighted by Crippen LogP contribution is -2.00. The Bertz CT molecular complexity index is 1190. The summed E-state index contributed by atoms with van der Waals surface area (Å²) in [6.07, 6.45) is 0. The van der Waals surface area contributed by atoms with Gasteiger partial charge < -0.3 is 0 Å². The maximum atomic E-state index is 4.20. The summed E-state index contributed by atoms with van der Waals surface area (Å²) in [5.74, 6) is 1.52. The van der Waals surface area contributed by atoms with Crippen LogP contribution in [-0.2, 0) is 11.5 Å². The fourth-order valence-electron chi connectivity index (χ4n) is 3.12. The highest BCUT2D eigenvalue weighted by atomic mass is 32.2. The zero-order valence-corrected chi connectivity index (χ0v) is 18.5. The predicted molar refractivity (Wildman–Crippen MR) is 124 cm³/mol. The lowest BCUT2D eigenvalue weighted by molar-refractivity contribution is 0.756. The molecule has 0 saturated carbocycles. The molecule has 0 aliphatic carbocycles. The first-order chi connectivity index (χ1) is 15.9. The molecule has 158 valence electrons. The van der Waals surface area contributed by atoms with Crippen LogP contribution in [0.3, 0.4) is 0 Å². The maximum Gasteiger partial charge on any atom is 0.214 e. The van der Waals surface area contributed by atoms with Gasteiger partial charge in [0, 0.05) is 11.5 Å². The minimum atomic E-state index is 0.756. The van der Waals surface area contributed by atoms with E-state index in [2.05, 4.69) is 55.3 Å². The van der Waals surface area contributed by atoms with Gasteiger partial charge >= 0.3 is 0 Å². The molecule has 0 fully saturated rings. The highest BCUT2D eigenvalue weighted by Crippen LogP contribution is 2.28. The monoisotopic (exact) mass is 458 g/mol. The van der Waals surface area contributed by atoms with Crippen molar-refractivity contribution < 1.29 is 0 Å². The van der Waals surface area contributed by atoms with E-state index in [-0.39, 0.29) is 0 Å². The molecular weight excluding hydrogens is 440 g/mol. The molecule has 0 aliphatic heterocycles. The molecule has 0 aliphatic rings. The Morgan fingerprint density at radius 3 is 1.38 bits per heavy atom. The molecule has 0 spiro atoms. The van der Waals surface area contributed by atoms with Crippen LogP contribution in [-0.4, -0.2) is 40.4 Å². The van der Waals surface area contributed by atoms with Gasteiger partial charge in [0.2, 0.25) is 10.3 Å². The summed E-state index contributed by atoms with van der Waals surface area (Å²) < 4.78 is 3.52. The van der Waals surface area contributed by atoms with Crippen molar-refractivity contribution in [3.05, 3.63) is 96.1 Å². The predicted octanol–water partition coefficient (Wildman–Crippen LogP) is 4.22. The van der Waals surface area contributed by atoms with Crippen LogP contribution in [0.2, 0.25) is 0 Å². The summed E-state index contributed by atoms with van der Waals surface area (Å²) in [6, 6.07) is 28.2. The minimum Gasteiger partial charge on any atom is -0.188 e. The fourth-order valence-corrected chi connectivity index (χ4v) is 4.97. The highest BCUT2D eigenvalue weighted by molar-refractivity contribution is 7.98. The molecule has 3 aromatic carbocycles. The van der Waals surface area contributed by atoms with E-state index >= 15 is 0 Å². The van der Waals surface area contributed by atoms with Crippen molar-refractivity contribution in [2.24, 2.45) is 0 Å². The molecule has 0 unspecified atom stereocenters. The highest BCUT2D eigenvalue weighted by Gasteiger charge is 2.13. The van der Waals surface area contributed by atoms with Gasteiger partial charge in [-0.05, 0) is 56.2 Å². The van der Waals surface area contributed by atoms with Crippen LogP contribution >= 0.6 is 23.5 Å². The van der Waals surface area contributed by atoms with Crippen LogP contribution in [0.5, 0.6) is 0 Å². The summed E-state index contributed by atoms with van der Waals surface area (Å²) in [6.45, 7) is 0. The number of hydrogen-bond donors (Lipinski definition) is 0. The molecule has 0 N–H and O–H groups in total. The third kappa shape index (κ3) is 4.56. The summed E-state index contributed by atoms with van der Waals surface area (Å²) in [4.78, 5) is 0. The van der Waals surface area contributed by atoms with Gasteiger partial charge in [0.1, 0.15) is 0 Å². The van der Waals surface area contributed by atoms with Crippen molar-refractivity contribution in [2.75, 3.05) is 0 Å². The van der Waals surface area contributed by atoms with E-state index in [1.807, 2.05) is 60.7 Å². The number of aromatic nitrogens is 8. The molecule has 0 radical (unpaired) electrons. The Hall–Kier alpha value is -3.50. The van der Waals surface area contributed by atoms with E-state index in [9.17, 15) is 0 Å². The molecule has 0 saturated heterocycles. The van der Waals surface area contributed by atoms with Gasteiger partial charge in [0.25, 0.3) is 0 Å². The van der Waals surface area contributed by atoms with Crippen molar-refractivity contribution in [2.45, 2.75) is 21.8 Å². The second-order valence-electron chi connectivity index (χ2n) is 6.76. The van der Waals surface area contributed by atoms with Crippen molar-refractivity contribution >= 4 is 23.5 Å². The Morgan fingerprint density at radius 2 is 0.938 bits per heavy atom. The fraction of sp³-hybridized carbons (Fsp3) is 0.0909. The van der Waals surface area contributed by atoms with Gasteiger partial charge in [-0.3, -0.25) is 0 Å². The lowest BCUT2D eigenvalue weighted by Gasteiger charge is -2.09. The van der Waals surface area contributed by atoms with E-state index < -0.39 is 0 Å². The zero-order valence-electron chi connectivity index (χ0n) is 16.9. The Labute approximate surface area is 193 Å². The van der Waals surface area contributed by atoms with E-state index in [0.29, 0.717) is 0 Å². The second-order valence-corrected chi connectivity index (χ2v) is 8.65. The SMILES string of the molecule is c1ccc(-n2nnnc2SCc2ccccc2CSc2nnnn2-c2ccccc2)cc1. The van der Waals surface area contributed by atoms with Gasteiger partial charge in [-0.2, -0.15) is 9.36 Å². The first kappa shape index (κ1) is 20.4. The Morgan fingerprint density at radius 1 is 0.531 bits per heavy atom. The summed E-state index contributed by atoms with van der Waals surface area (Å²) in [5, 5.41) is 25.9. The van der Waals surface area contributed by atoms with Crippen LogP contribution in [0.15, 0.2) is 95.2 Å². The molecule has 8 nitrogen and oxygen atoms in total. The smallest absolute Gasteiger partial charge is 0.188 e. The van der Waals surface area contributed by atoms with Gasteiger partial charge in [0.15, 0.2) is 0 Å². The standard InChI is InChI=1S/C22H18N8S2/c1-3-11-19(12-4-1)29-21(23-25-27-29)31-15-17-9-7-8-10-18(17)16-32-22-24-26-28-30(22)20-13-5-2-6-14-20/h1-14H,15-16H2. The molecule has 0 atom stereocenters. The first-order valence-corrected chi connectivity index (χ1v) is 11.9. The normalized spacial score (nSPS) is 11.0. The molecule has 0 amide bonds. The van der Waals surface area contributed by atoms with E-state index in [0.717, 1.165) is 33.2 Å². The number of rotatable bonds is 8. The molecule has 2 aromatic heterocycles. The molecular formula is C22H18N8S2. The number of tetrazole rings is 2. The van der Waals surface area contributed by atoms with Crippen LogP contribution in [0, 0.1) is 0 Å². The van der Waals surface area contributed by atoms with E-state index in [1.54, 1.807) is 32.9 Å². The topological polar surface area (TPSA) is 87.2 Å². The van der Waals surface area contributed by atoms with Crippen LogP contribution in [0.25, 0.3) is 11.4 Å². The Kier molecular flexibility index (Phi) is 6.22. The molecule has 0 bridgehead atoms. The summed E-state index contributed by atoms with van der Waals surface area (Å²) in [5.41, 5.74) is 4.34. The van der Waals surface area contributed by atoms with Crippen molar-refractivity contribution in [3.8, 4) is 11.4 Å². The summed E-state index contributed by atoms with van der Waals surface area (Å²) in [7, 11) is 0. The maximum absolute atomic E-state index is 4.20. The van der Waals surface area contributed by atoms with Crippen LogP contribution in [0.1, 0.15) is 11.1 Å². The third-order valence-corrected chi connectivity index (χ3v) is 6.65. The first-order valence-electron chi connectivity index (χ1n) is 9.88. The number of hydrogen-bond acceptors (Lipinski definition) is 8. The van der Waals surface area contributed by atoms with Crippen molar-refractivity contribution in [1.29, 1.82) is 0 Å². The average Bonchev–Trinajstić information content (AvgIpc) is 3.53. The minimum absolute atomic E-state index is 0.756. The van der Waals surface area contributed by atoms with Crippen molar-refractivity contribution in [3.63, 3.8) is 0 Å². The number of thioether (sulfide) groups is 2. The molecule has 10 heteroatoms. The molecule has 2 heterocycles.